The molecule has 0 aliphatic heterocycles. The predicted octanol–water partition coefficient (Wildman–Crippen LogP) is 3.76. The normalized spacial score (nSPS) is 11.1. The van der Waals surface area contributed by atoms with Crippen molar-refractivity contribution in [2.45, 2.75) is 26.2 Å². The number of ether oxygens (including phenoxy) is 1. The van der Waals surface area contributed by atoms with Crippen LogP contribution in [0.1, 0.15) is 36.5 Å². The van der Waals surface area contributed by atoms with Crippen LogP contribution >= 0.6 is 0 Å². The molecule has 0 bridgehead atoms. The molecule has 0 saturated carbocycles. The summed E-state index contributed by atoms with van der Waals surface area (Å²) in [4.78, 5) is 23.9. The largest absolute Gasteiger partial charge is 0.451 e. The molecule has 150 valence electrons. The lowest BCUT2D eigenvalue weighted by molar-refractivity contribution is -0.144. The van der Waals surface area contributed by atoms with Gasteiger partial charge in [-0.2, -0.15) is 5.26 Å². The summed E-state index contributed by atoms with van der Waals surface area (Å²) in [5.41, 5.74) is 2.14. The second-order valence-corrected chi connectivity index (χ2v) is 6.76. The molecule has 0 radical (unpaired) electrons. The summed E-state index contributed by atoms with van der Waals surface area (Å²) in [7, 11) is 0. The monoisotopic (exact) mass is 394 g/mol. The molecule has 6 heteroatoms. The van der Waals surface area contributed by atoms with Crippen LogP contribution in [0.3, 0.4) is 0 Å². The fourth-order valence-corrected chi connectivity index (χ4v) is 2.58. The molecule has 0 unspecified atom stereocenters. The summed E-state index contributed by atoms with van der Waals surface area (Å²) in [5, 5.41) is 11.8. The second kappa shape index (κ2) is 10.8. The van der Waals surface area contributed by atoms with E-state index in [9.17, 15) is 19.2 Å². The van der Waals surface area contributed by atoms with Gasteiger partial charge in [-0.1, -0.05) is 56.3 Å². The number of carbonyl (C=O) groups is 2. The van der Waals surface area contributed by atoms with Crippen molar-refractivity contribution in [1.29, 1.82) is 5.26 Å². The number of hydrogen-bond acceptors (Lipinski definition) is 4. The summed E-state index contributed by atoms with van der Waals surface area (Å²) in [6.45, 7) is 3.84. The number of esters is 1. The number of halogens is 1. The molecule has 29 heavy (non-hydrogen) atoms. The van der Waals surface area contributed by atoms with Crippen LogP contribution in [0.15, 0.2) is 54.1 Å². The minimum absolute atomic E-state index is 0.193. The predicted molar refractivity (Wildman–Crippen MR) is 108 cm³/mol. The number of carbonyl (C=O) groups excluding carboxylic acids is 2. The first kappa shape index (κ1) is 21.8. The van der Waals surface area contributed by atoms with E-state index in [0.717, 1.165) is 5.56 Å². The third-order valence-corrected chi connectivity index (χ3v) is 4.26. The van der Waals surface area contributed by atoms with Crippen molar-refractivity contribution in [3.05, 3.63) is 76.6 Å². The highest BCUT2D eigenvalue weighted by molar-refractivity contribution is 5.98. The van der Waals surface area contributed by atoms with E-state index in [-0.39, 0.29) is 17.9 Å². The van der Waals surface area contributed by atoms with E-state index in [1.54, 1.807) is 24.3 Å². The summed E-state index contributed by atoms with van der Waals surface area (Å²) >= 11 is 0. The Balaban J connectivity index is 1.83. The van der Waals surface area contributed by atoms with Gasteiger partial charge in [-0.15, -0.1) is 0 Å². The van der Waals surface area contributed by atoms with Crippen molar-refractivity contribution in [3.63, 3.8) is 0 Å². The maximum absolute atomic E-state index is 13.5. The molecule has 2 aromatic carbocycles. The zero-order valence-electron chi connectivity index (χ0n) is 16.4. The number of nitriles is 1. The van der Waals surface area contributed by atoms with E-state index in [4.69, 9.17) is 4.74 Å². The number of benzene rings is 2. The zero-order valence-corrected chi connectivity index (χ0v) is 16.4. The van der Waals surface area contributed by atoms with Gasteiger partial charge in [0.25, 0.3) is 5.91 Å². The summed E-state index contributed by atoms with van der Waals surface area (Å²) in [5.74, 6) is -1.35. The van der Waals surface area contributed by atoms with Crippen molar-refractivity contribution in [2.75, 3.05) is 13.2 Å². The molecule has 0 aliphatic carbocycles. The summed E-state index contributed by atoms with van der Waals surface area (Å²) in [6.07, 6.45) is 1.74. The minimum Gasteiger partial charge on any atom is -0.451 e. The molecule has 2 rings (SSSR count). The Labute approximate surface area is 169 Å². The number of nitrogens with one attached hydrogen (secondary N) is 1. The van der Waals surface area contributed by atoms with Gasteiger partial charge in [-0.25, -0.2) is 9.18 Å². The lowest BCUT2D eigenvalue weighted by Crippen LogP contribution is -2.30. The molecule has 0 heterocycles. The Bertz CT molecular complexity index is 928. The van der Waals surface area contributed by atoms with E-state index in [1.807, 2.05) is 24.3 Å². The van der Waals surface area contributed by atoms with Crippen LogP contribution in [-0.2, 0) is 20.7 Å². The quantitative estimate of drug-likeness (QED) is 0.420. The molecular weight excluding hydrogens is 371 g/mol. The molecule has 0 spiro atoms. The maximum Gasteiger partial charge on any atom is 0.349 e. The Kier molecular flexibility index (Phi) is 8.11. The average molecular weight is 394 g/mol. The number of nitrogens with zero attached hydrogens (tertiary/aromatic N) is 1. The Morgan fingerprint density at radius 2 is 1.86 bits per heavy atom. The third-order valence-electron chi connectivity index (χ3n) is 4.26. The van der Waals surface area contributed by atoms with E-state index in [2.05, 4.69) is 19.2 Å². The minimum atomic E-state index is -0.871. The fourth-order valence-electron chi connectivity index (χ4n) is 2.58. The van der Waals surface area contributed by atoms with Gasteiger partial charge in [-0.05, 0) is 41.2 Å². The molecule has 5 nitrogen and oxygen atoms in total. The molecule has 0 aliphatic rings. The van der Waals surface area contributed by atoms with Gasteiger partial charge in [-0.3, -0.25) is 4.79 Å². The van der Waals surface area contributed by atoms with Crippen molar-refractivity contribution in [1.82, 2.24) is 5.32 Å². The van der Waals surface area contributed by atoms with Gasteiger partial charge >= 0.3 is 5.97 Å². The van der Waals surface area contributed by atoms with E-state index < -0.39 is 18.5 Å². The number of hydrogen-bond donors (Lipinski definition) is 1. The van der Waals surface area contributed by atoms with Crippen LogP contribution in [0.2, 0.25) is 0 Å². The Morgan fingerprint density at radius 3 is 2.48 bits per heavy atom. The van der Waals surface area contributed by atoms with E-state index >= 15 is 0 Å². The van der Waals surface area contributed by atoms with Gasteiger partial charge in [0.05, 0.1) is 0 Å². The Hall–Kier alpha value is -3.46. The standard InChI is InChI=1S/C23H23FN2O3/c1-16(2)18-9-7-17(8-10-18)13-20(14-25)23(28)29-15-22(27)26-12-11-19-5-3-4-6-21(19)24/h3-10,13,16H,11-12,15H2,1-2H3,(H,26,27)/b20-13+. The first-order chi connectivity index (χ1) is 13.9. The van der Waals surface area contributed by atoms with Crippen molar-refractivity contribution in [2.24, 2.45) is 0 Å². The van der Waals surface area contributed by atoms with Crippen molar-refractivity contribution in [3.8, 4) is 6.07 Å². The van der Waals surface area contributed by atoms with Crippen LogP contribution in [0, 0.1) is 17.1 Å². The van der Waals surface area contributed by atoms with Crippen LogP contribution < -0.4 is 5.32 Å². The Morgan fingerprint density at radius 1 is 1.17 bits per heavy atom. The molecule has 0 atom stereocenters. The van der Waals surface area contributed by atoms with Gasteiger partial charge in [0.2, 0.25) is 0 Å². The molecule has 1 amide bonds. The molecule has 0 aromatic heterocycles. The topological polar surface area (TPSA) is 79.2 Å². The summed E-state index contributed by atoms with van der Waals surface area (Å²) < 4.78 is 18.4. The molecule has 0 saturated heterocycles. The first-order valence-corrected chi connectivity index (χ1v) is 9.29. The second-order valence-electron chi connectivity index (χ2n) is 6.76. The highest BCUT2D eigenvalue weighted by Crippen LogP contribution is 2.16. The molecule has 2 aromatic rings. The third kappa shape index (κ3) is 6.89. The van der Waals surface area contributed by atoms with Crippen molar-refractivity contribution < 1.29 is 18.7 Å². The molecule has 1 N–H and O–H groups in total. The summed E-state index contributed by atoms with van der Waals surface area (Å²) in [6, 6.07) is 15.6. The average Bonchev–Trinajstić information content (AvgIpc) is 2.72. The van der Waals surface area contributed by atoms with Crippen LogP contribution in [0.4, 0.5) is 4.39 Å². The van der Waals surface area contributed by atoms with E-state index in [1.165, 1.54) is 12.1 Å². The van der Waals surface area contributed by atoms with Crippen molar-refractivity contribution >= 4 is 18.0 Å². The van der Waals surface area contributed by atoms with Gasteiger partial charge in [0.1, 0.15) is 17.5 Å². The van der Waals surface area contributed by atoms with Gasteiger partial charge in [0, 0.05) is 6.54 Å². The fraction of sp³-hybridized carbons (Fsp3) is 0.261. The van der Waals surface area contributed by atoms with Crippen LogP contribution in [-0.4, -0.2) is 25.0 Å². The van der Waals surface area contributed by atoms with Gasteiger partial charge < -0.3 is 10.1 Å². The lowest BCUT2D eigenvalue weighted by Gasteiger charge is -2.07. The number of rotatable bonds is 8. The highest BCUT2D eigenvalue weighted by Gasteiger charge is 2.13. The SMILES string of the molecule is CC(C)c1ccc(/C=C(\C#N)C(=O)OCC(=O)NCCc2ccccc2F)cc1. The number of amides is 1. The highest BCUT2D eigenvalue weighted by atomic mass is 19.1. The molecule has 0 fully saturated rings. The molecular formula is C23H23FN2O3. The van der Waals surface area contributed by atoms with Crippen LogP contribution in [0.5, 0.6) is 0 Å². The van der Waals surface area contributed by atoms with E-state index in [0.29, 0.717) is 23.5 Å². The maximum atomic E-state index is 13.5. The first-order valence-electron chi connectivity index (χ1n) is 9.29. The van der Waals surface area contributed by atoms with Gasteiger partial charge in [0.15, 0.2) is 6.61 Å². The smallest absolute Gasteiger partial charge is 0.349 e. The van der Waals surface area contributed by atoms with Crippen LogP contribution in [0.25, 0.3) is 6.08 Å². The lowest BCUT2D eigenvalue weighted by atomic mass is 10.0. The zero-order chi connectivity index (χ0) is 21.2.